The summed E-state index contributed by atoms with van der Waals surface area (Å²) in [5.74, 6) is -0.0916. The fraction of sp³-hybridized carbons (Fsp3) is 0.364. The van der Waals surface area contributed by atoms with Gasteiger partial charge in [0.15, 0.2) is 0 Å². The van der Waals surface area contributed by atoms with E-state index in [-0.39, 0.29) is 23.1 Å². The fourth-order valence-electron chi connectivity index (χ4n) is 3.09. The summed E-state index contributed by atoms with van der Waals surface area (Å²) in [6.07, 6.45) is 0. The quantitative estimate of drug-likeness (QED) is 0.632. The topological polar surface area (TPSA) is 81.0 Å². The zero-order valence-electron chi connectivity index (χ0n) is 17.1. The van der Waals surface area contributed by atoms with Crippen LogP contribution in [0.5, 0.6) is 0 Å². The number of hydrogen-bond donors (Lipinski definition) is 3. The fourth-order valence-corrected chi connectivity index (χ4v) is 3.09. The molecule has 0 bridgehead atoms. The van der Waals surface area contributed by atoms with Crippen LogP contribution in [-0.2, 0) is 16.8 Å². The summed E-state index contributed by atoms with van der Waals surface area (Å²) in [5, 5.41) is 2.92. The van der Waals surface area contributed by atoms with E-state index in [1.807, 2.05) is 18.9 Å². The van der Waals surface area contributed by atoms with Gasteiger partial charge in [-0.3, -0.25) is 9.69 Å². The number of amides is 1. The molecule has 2 aromatic carbocycles. The van der Waals surface area contributed by atoms with Gasteiger partial charge in [0.25, 0.3) is 0 Å². The molecule has 6 nitrogen and oxygen atoms in total. The Kier molecular flexibility index (Phi) is 5.42. The smallest absolute Gasteiger partial charge is 0.323 e. The largest absolute Gasteiger partial charge is 0.325 e. The molecule has 0 saturated carbocycles. The molecule has 148 valence electrons. The number of benzene rings is 2. The van der Waals surface area contributed by atoms with Crippen molar-refractivity contribution in [1.82, 2.24) is 14.9 Å². The summed E-state index contributed by atoms with van der Waals surface area (Å²) in [7, 11) is 1.94. The highest BCUT2D eigenvalue weighted by Crippen LogP contribution is 2.22. The third-order valence-electron chi connectivity index (χ3n) is 5.08. The van der Waals surface area contributed by atoms with Crippen molar-refractivity contribution in [3.8, 4) is 0 Å². The minimum absolute atomic E-state index is 0.0916. The number of rotatable bonds is 5. The van der Waals surface area contributed by atoms with Gasteiger partial charge in [0.1, 0.15) is 0 Å². The van der Waals surface area contributed by atoms with Gasteiger partial charge in [-0.25, -0.2) is 4.79 Å². The molecular weight excluding hydrogens is 352 g/mol. The van der Waals surface area contributed by atoms with Gasteiger partial charge in [0.2, 0.25) is 5.91 Å². The van der Waals surface area contributed by atoms with Crippen LogP contribution in [0.4, 0.5) is 5.69 Å². The molecule has 1 atom stereocenters. The summed E-state index contributed by atoms with van der Waals surface area (Å²) in [4.78, 5) is 31.4. The second-order valence-electron chi connectivity index (χ2n) is 8.37. The average Bonchev–Trinajstić information content (AvgIpc) is 3.00. The number of likely N-dealkylation sites (N-methyl/N-ethyl adjacent to an activating group) is 1. The Bertz CT molecular complexity index is 1030. The predicted molar refractivity (Wildman–Crippen MR) is 114 cm³/mol. The average molecular weight is 380 g/mol. The van der Waals surface area contributed by atoms with Crippen LogP contribution < -0.4 is 11.0 Å². The summed E-state index contributed by atoms with van der Waals surface area (Å²) in [6, 6.07) is 13.6. The van der Waals surface area contributed by atoms with E-state index >= 15 is 0 Å². The minimum Gasteiger partial charge on any atom is -0.325 e. The summed E-state index contributed by atoms with van der Waals surface area (Å²) < 4.78 is 0. The zero-order valence-corrected chi connectivity index (χ0v) is 17.1. The number of anilines is 1. The molecule has 0 saturated heterocycles. The predicted octanol–water partition coefficient (Wildman–Crippen LogP) is 3.61. The van der Waals surface area contributed by atoms with Crippen molar-refractivity contribution >= 4 is 22.6 Å². The van der Waals surface area contributed by atoms with E-state index in [1.165, 1.54) is 11.1 Å². The summed E-state index contributed by atoms with van der Waals surface area (Å²) in [5.41, 5.74) is 4.37. The van der Waals surface area contributed by atoms with Crippen molar-refractivity contribution in [3.63, 3.8) is 0 Å². The minimum atomic E-state index is -0.303. The molecule has 3 rings (SSSR count). The van der Waals surface area contributed by atoms with E-state index in [2.05, 4.69) is 60.3 Å². The van der Waals surface area contributed by atoms with Gasteiger partial charge >= 0.3 is 5.69 Å². The molecule has 0 aliphatic rings. The van der Waals surface area contributed by atoms with E-state index in [1.54, 1.807) is 18.2 Å². The number of carbonyl (C=O) groups excluding carboxylic acids is 1. The standard InChI is InChI=1S/C22H28N4O2/c1-14(26(5)13-15-6-8-16(9-7-15)22(2,3)4)20(27)23-17-10-11-18-19(12-17)25-21(28)24-18/h6-12,14H,13H2,1-5H3,(H,23,27)(H2,24,25,28)/t14-/m1/s1. The molecule has 3 N–H and O–H groups in total. The lowest BCUT2D eigenvalue weighted by Crippen LogP contribution is -2.39. The molecule has 1 aromatic heterocycles. The monoisotopic (exact) mass is 380 g/mol. The number of hydrogen-bond acceptors (Lipinski definition) is 3. The Morgan fingerprint density at radius 3 is 2.36 bits per heavy atom. The Morgan fingerprint density at radius 2 is 1.71 bits per heavy atom. The molecule has 0 radical (unpaired) electrons. The number of aromatic amines is 2. The molecule has 28 heavy (non-hydrogen) atoms. The Labute approximate surface area is 165 Å². The van der Waals surface area contributed by atoms with Gasteiger partial charge in [-0.2, -0.15) is 0 Å². The zero-order chi connectivity index (χ0) is 20.5. The molecule has 0 unspecified atom stereocenters. The van der Waals surface area contributed by atoms with Gasteiger partial charge in [0.05, 0.1) is 17.1 Å². The Balaban J connectivity index is 1.63. The van der Waals surface area contributed by atoms with Gasteiger partial charge in [-0.15, -0.1) is 0 Å². The molecule has 0 aliphatic carbocycles. The van der Waals surface area contributed by atoms with Crippen LogP contribution in [0.3, 0.4) is 0 Å². The van der Waals surface area contributed by atoms with Crippen molar-refractivity contribution in [1.29, 1.82) is 0 Å². The molecule has 0 spiro atoms. The van der Waals surface area contributed by atoms with Crippen LogP contribution in [0.2, 0.25) is 0 Å². The third kappa shape index (κ3) is 4.51. The second-order valence-corrected chi connectivity index (χ2v) is 8.37. The van der Waals surface area contributed by atoms with Crippen LogP contribution in [0.25, 0.3) is 11.0 Å². The van der Waals surface area contributed by atoms with E-state index in [4.69, 9.17) is 0 Å². The molecule has 6 heteroatoms. The van der Waals surface area contributed by atoms with Crippen molar-refractivity contribution < 1.29 is 4.79 Å². The number of aromatic nitrogens is 2. The molecule has 1 heterocycles. The van der Waals surface area contributed by atoms with E-state index < -0.39 is 0 Å². The number of imidazole rings is 1. The summed E-state index contributed by atoms with van der Waals surface area (Å²) >= 11 is 0. The molecule has 0 aliphatic heterocycles. The van der Waals surface area contributed by atoms with Crippen molar-refractivity contribution in [2.45, 2.75) is 45.7 Å². The van der Waals surface area contributed by atoms with Crippen molar-refractivity contribution in [2.75, 3.05) is 12.4 Å². The number of fused-ring (bicyclic) bond motifs is 1. The highest BCUT2D eigenvalue weighted by molar-refractivity contribution is 5.96. The highest BCUT2D eigenvalue weighted by atomic mass is 16.2. The van der Waals surface area contributed by atoms with E-state index in [0.717, 1.165) is 0 Å². The van der Waals surface area contributed by atoms with Crippen molar-refractivity contribution in [2.24, 2.45) is 0 Å². The molecular formula is C22H28N4O2. The van der Waals surface area contributed by atoms with Crippen LogP contribution in [0, 0.1) is 0 Å². The Morgan fingerprint density at radius 1 is 1.07 bits per heavy atom. The normalized spacial score (nSPS) is 13.1. The van der Waals surface area contributed by atoms with Crippen molar-refractivity contribution in [3.05, 3.63) is 64.1 Å². The first-order chi connectivity index (χ1) is 13.1. The maximum Gasteiger partial charge on any atom is 0.323 e. The van der Waals surface area contributed by atoms with Gasteiger partial charge in [0, 0.05) is 12.2 Å². The lowest BCUT2D eigenvalue weighted by atomic mass is 9.87. The van der Waals surface area contributed by atoms with Gasteiger partial charge in [-0.05, 0) is 48.7 Å². The molecule has 1 amide bonds. The molecule has 3 aromatic rings. The third-order valence-corrected chi connectivity index (χ3v) is 5.08. The lowest BCUT2D eigenvalue weighted by molar-refractivity contribution is -0.120. The van der Waals surface area contributed by atoms with Crippen LogP contribution in [0.15, 0.2) is 47.3 Å². The number of carbonyl (C=O) groups is 1. The van der Waals surface area contributed by atoms with E-state index in [9.17, 15) is 9.59 Å². The second kappa shape index (κ2) is 7.64. The Hall–Kier alpha value is -2.86. The van der Waals surface area contributed by atoms with Gasteiger partial charge in [-0.1, -0.05) is 45.0 Å². The van der Waals surface area contributed by atoms with Gasteiger partial charge < -0.3 is 15.3 Å². The first kappa shape index (κ1) is 19.9. The van der Waals surface area contributed by atoms with E-state index in [0.29, 0.717) is 23.3 Å². The lowest BCUT2D eigenvalue weighted by Gasteiger charge is -2.25. The van der Waals surface area contributed by atoms with Crippen LogP contribution >= 0.6 is 0 Å². The SMILES string of the molecule is C[C@H](C(=O)Nc1ccc2[nH]c(=O)[nH]c2c1)N(C)Cc1ccc(C(C)(C)C)cc1. The number of nitrogens with zero attached hydrogens (tertiary/aromatic N) is 1. The summed E-state index contributed by atoms with van der Waals surface area (Å²) in [6.45, 7) is 9.15. The maximum atomic E-state index is 12.6. The first-order valence-corrected chi connectivity index (χ1v) is 9.46. The van der Waals surface area contributed by atoms with Crippen LogP contribution in [0.1, 0.15) is 38.8 Å². The highest BCUT2D eigenvalue weighted by Gasteiger charge is 2.19. The molecule has 0 fully saturated rings. The first-order valence-electron chi connectivity index (χ1n) is 9.46. The number of nitrogens with one attached hydrogen (secondary N) is 3. The number of H-pyrrole nitrogens is 2. The maximum absolute atomic E-state index is 12.6. The van der Waals surface area contributed by atoms with Crippen LogP contribution in [-0.4, -0.2) is 33.9 Å².